The predicted octanol–water partition coefficient (Wildman–Crippen LogP) is 9.33. The first-order valence-corrected chi connectivity index (χ1v) is 13.6. The molecule has 0 aliphatic carbocycles. The smallest absolute Gasteiger partial charge is 0.0824 e. The van der Waals surface area contributed by atoms with Gasteiger partial charge in [0.1, 0.15) is 0 Å². The molecule has 1 aliphatic rings. The fourth-order valence-corrected chi connectivity index (χ4v) is 7.10. The molecule has 0 fully saturated rings. The molecule has 2 aromatic heterocycles. The molecule has 7 aromatic rings. The third kappa shape index (κ3) is 2.90. The number of benzene rings is 5. The van der Waals surface area contributed by atoms with Crippen molar-refractivity contribution in [2.75, 3.05) is 4.90 Å². The Balaban J connectivity index is 1.41. The van der Waals surface area contributed by atoms with Crippen molar-refractivity contribution in [3.05, 3.63) is 115 Å². The van der Waals surface area contributed by atoms with Crippen molar-refractivity contribution in [1.82, 2.24) is 9.55 Å². The Morgan fingerprint density at radius 1 is 0.583 bits per heavy atom. The summed E-state index contributed by atoms with van der Waals surface area (Å²) < 4.78 is 3.57. The summed E-state index contributed by atoms with van der Waals surface area (Å²) in [5, 5.41) is 2.51. The molecule has 3 heterocycles. The Bertz CT molecular complexity index is 1930. The van der Waals surface area contributed by atoms with Gasteiger partial charge < -0.3 is 9.47 Å². The van der Waals surface area contributed by atoms with Crippen molar-refractivity contribution in [2.45, 2.75) is 9.79 Å². The molecule has 1 aliphatic heterocycles. The molecule has 5 aromatic carbocycles. The monoisotopic (exact) mass is 497 g/mol. The number of anilines is 3. The van der Waals surface area contributed by atoms with E-state index in [1.54, 1.807) is 11.3 Å². The van der Waals surface area contributed by atoms with Crippen LogP contribution in [0, 0.1) is 0 Å². The zero-order valence-corrected chi connectivity index (χ0v) is 20.8. The van der Waals surface area contributed by atoms with Crippen LogP contribution in [0.5, 0.6) is 0 Å². The van der Waals surface area contributed by atoms with Gasteiger partial charge in [0, 0.05) is 31.9 Å². The van der Waals surface area contributed by atoms with E-state index in [1.165, 1.54) is 53.4 Å². The summed E-state index contributed by atoms with van der Waals surface area (Å²) in [5.41, 5.74) is 10.2. The fourth-order valence-electron chi connectivity index (χ4n) is 5.34. The van der Waals surface area contributed by atoms with Crippen molar-refractivity contribution in [1.29, 1.82) is 0 Å². The molecular weight excluding hydrogens is 478 g/mol. The van der Waals surface area contributed by atoms with E-state index in [-0.39, 0.29) is 0 Å². The maximum absolute atomic E-state index is 4.57. The Labute approximate surface area is 216 Å². The van der Waals surface area contributed by atoms with E-state index in [4.69, 9.17) is 0 Å². The minimum atomic E-state index is 1.06. The topological polar surface area (TPSA) is 21.1 Å². The molecular formula is C31H19N3S2. The molecule has 0 amide bonds. The third-order valence-corrected chi connectivity index (χ3v) is 8.81. The highest BCUT2D eigenvalue weighted by Crippen LogP contribution is 2.53. The molecule has 0 unspecified atom stereocenters. The van der Waals surface area contributed by atoms with Gasteiger partial charge in [-0.2, -0.15) is 0 Å². The van der Waals surface area contributed by atoms with Crippen LogP contribution < -0.4 is 4.90 Å². The van der Waals surface area contributed by atoms with E-state index in [2.05, 4.69) is 124 Å². The normalized spacial score (nSPS) is 12.8. The largest absolute Gasteiger partial charge is 0.309 e. The molecule has 0 N–H and O–H groups in total. The van der Waals surface area contributed by atoms with Gasteiger partial charge in [-0.3, -0.25) is 0 Å². The van der Waals surface area contributed by atoms with Gasteiger partial charge in [0.05, 0.1) is 38.1 Å². The Morgan fingerprint density at radius 3 is 2.33 bits per heavy atom. The highest BCUT2D eigenvalue weighted by Gasteiger charge is 2.26. The summed E-state index contributed by atoms with van der Waals surface area (Å²) in [6, 6.07) is 39.4. The standard InChI is InChI=1S/C31H19N3S2/c1-2-8-20(9-3-1)33-25-11-5-4-10-22(25)23-16-21(14-15-26(23)33)34-27-12-6-7-13-29(27)36-31-17-24-30(18-28(31)34)35-19-32-24/h1-19H. The van der Waals surface area contributed by atoms with Crippen LogP contribution in [-0.4, -0.2) is 9.55 Å². The summed E-state index contributed by atoms with van der Waals surface area (Å²) in [5.74, 6) is 0. The molecule has 0 saturated carbocycles. The van der Waals surface area contributed by atoms with Crippen LogP contribution in [0.3, 0.4) is 0 Å². The van der Waals surface area contributed by atoms with Crippen LogP contribution in [0.15, 0.2) is 124 Å². The van der Waals surface area contributed by atoms with Crippen molar-refractivity contribution in [3.8, 4) is 5.69 Å². The van der Waals surface area contributed by atoms with Crippen molar-refractivity contribution < 1.29 is 0 Å². The second kappa shape index (κ2) is 7.72. The number of para-hydroxylation sites is 3. The van der Waals surface area contributed by atoms with E-state index in [0.29, 0.717) is 0 Å². The first kappa shape index (κ1) is 20.2. The number of thiazole rings is 1. The summed E-state index contributed by atoms with van der Waals surface area (Å²) >= 11 is 3.52. The van der Waals surface area contributed by atoms with E-state index in [9.17, 15) is 0 Å². The molecule has 0 radical (unpaired) electrons. The zero-order valence-electron chi connectivity index (χ0n) is 19.1. The number of hydrogen-bond donors (Lipinski definition) is 0. The number of aromatic nitrogens is 2. The van der Waals surface area contributed by atoms with E-state index in [1.807, 2.05) is 17.3 Å². The average Bonchev–Trinajstić information content (AvgIpc) is 3.52. The minimum absolute atomic E-state index is 1.06. The lowest BCUT2D eigenvalue weighted by Crippen LogP contribution is -2.14. The van der Waals surface area contributed by atoms with E-state index >= 15 is 0 Å². The first-order valence-electron chi connectivity index (χ1n) is 11.9. The molecule has 8 rings (SSSR count). The SMILES string of the molecule is c1ccc(-n2c3ccccc3c3cc(N4c5ccccc5Sc5cc6ncsc6cc54)ccc32)cc1. The molecule has 5 heteroatoms. The van der Waals surface area contributed by atoms with Gasteiger partial charge in [-0.15, -0.1) is 11.3 Å². The van der Waals surface area contributed by atoms with Gasteiger partial charge in [-0.1, -0.05) is 60.3 Å². The van der Waals surface area contributed by atoms with Crippen LogP contribution >= 0.6 is 23.1 Å². The third-order valence-electron chi connectivity index (χ3n) is 6.91. The summed E-state index contributed by atoms with van der Waals surface area (Å²) in [6.07, 6.45) is 0. The molecule has 3 nitrogen and oxygen atoms in total. The Morgan fingerprint density at radius 2 is 1.39 bits per heavy atom. The number of rotatable bonds is 2. The van der Waals surface area contributed by atoms with Gasteiger partial charge in [-0.25, -0.2) is 4.98 Å². The Kier molecular flexibility index (Phi) is 4.32. The lowest BCUT2D eigenvalue weighted by atomic mass is 10.1. The van der Waals surface area contributed by atoms with Crippen LogP contribution in [0.2, 0.25) is 0 Å². The van der Waals surface area contributed by atoms with Crippen molar-refractivity contribution in [3.63, 3.8) is 0 Å². The molecule has 36 heavy (non-hydrogen) atoms. The van der Waals surface area contributed by atoms with Gasteiger partial charge in [0.25, 0.3) is 0 Å². The van der Waals surface area contributed by atoms with Gasteiger partial charge >= 0.3 is 0 Å². The quantitative estimate of drug-likeness (QED) is 0.237. The Hall–Kier alpha value is -4.06. The molecule has 0 atom stereocenters. The highest BCUT2D eigenvalue weighted by atomic mass is 32.2. The van der Waals surface area contributed by atoms with Gasteiger partial charge in [-0.05, 0) is 60.7 Å². The van der Waals surface area contributed by atoms with E-state index in [0.717, 1.165) is 11.2 Å². The summed E-state index contributed by atoms with van der Waals surface area (Å²) in [6.45, 7) is 0. The molecule has 0 saturated heterocycles. The van der Waals surface area contributed by atoms with Crippen molar-refractivity contribution >= 4 is 72.2 Å². The second-order valence-corrected chi connectivity index (χ2v) is 10.9. The predicted molar refractivity (Wildman–Crippen MR) is 153 cm³/mol. The van der Waals surface area contributed by atoms with E-state index < -0.39 is 0 Å². The van der Waals surface area contributed by atoms with Crippen molar-refractivity contribution in [2.24, 2.45) is 0 Å². The minimum Gasteiger partial charge on any atom is -0.309 e. The molecule has 170 valence electrons. The zero-order chi connectivity index (χ0) is 23.6. The van der Waals surface area contributed by atoms with Gasteiger partial charge in [0.15, 0.2) is 0 Å². The average molecular weight is 498 g/mol. The van der Waals surface area contributed by atoms with Gasteiger partial charge in [0.2, 0.25) is 0 Å². The lowest BCUT2D eigenvalue weighted by molar-refractivity contribution is 1.16. The number of hydrogen-bond acceptors (Lipinski definition) is 4. The maximum atomic E-state index is 4.57. The number of nitrogens with zero attached hydrogens (tertiary/aromatic N) is 3. The number of fused-ring (bicyclic) bond motifs is 6. The molecule has 0 spiro atoms. The van der Waals surface area contributed by atoms with Crippen LogP contribution in [0.1, 0.15) is 0 Å². The second-order valence-electron chi connectivity index (χ2n) is 8.93. The lowest BCUT2D eigenvalue weighted by Gasteiger charge is -2.33. The van der Waals surface area contributed by atoms with Crippen LogP contribution in [0.25, 0.3) is 37.7 Å². The van der Waals surface area contributed by atoms with Crippen LogP contribution in [-0.2, 0) is 0 Å². The van der Waals surface area contributed by atoms with Crippen LogP contribution in [0.4, 0.5) is 17.1 Å². The first-order chi connectivity index (χ1) is 17.8. The highest BCUT2D eigenvalue weighted by molar-refractivity contribution is 7.99. The maximum Gasteiger partial charge on any atom is 0.0824 e. The summed E-state index contributed by atoms with van der Waals surface area (Å²) in [7, 11) is 0. The summed E-state index contributed by atoms with van der Waals surface area (Å²) in [4.78, 5) is 9.47. The molecule has 0 bridgehead atoms. The fraction of sp³-hybridized carbons (Fsp3) is 0.